The lowest BCUT2D eigenvalue weighted by Crippen LogP contribution is -2.73. The summed E-state index contributed by atoms with van der Waals surface area (Å²) in [6, 6.07) is 12.5. The molecule has 1 aliphatic rings. The summed E-state index contributed by atoms with van der Waals surface area (Å²) in [7, 11) is 1.52. The van der Waals surface area contributed by atoms with Gasteiger partial charge in [0.15, 0.2) is 6.23 Å². The van der Waals surface area contributed by atoms with Gasteiger partial charge in [0.05, 0.1) is 19.8 Å². The van der Waals surface area contributed by atoms with Gasteiger partial charge in [-0.25, -0.2) is 9.69 Å². The highest BCUT2D eigenvalue weighted by atomic mass is 16.5. The Bertz CT molecular complexity index is 1000. The van der Waals surface area contributed by atoms with Gasteiger partial charge in [0.1, 0.15) is 16.9 Å². The normalized spacial score (nSPS) is 17.6. The zero-order valence-electron chi connectivity index (χ0n) is 20.8. The predicted molar refractivity (Wildman–Crippen MR) is 131 cm³/mol. The number of nitrogens with zero attached hydrogens (tertiary/aromatic N) is 1. The number of nitrogens with one attached hydrogen (secondary N) is 1. The number of imide groups is 1. The van der Waals surface area contributed by atoms with Crippen LogP contribution in [0.4, 0.5) is 4.79 Å². The largest absolute Gasteiger partial charge is 0.496 e. The van der Waals surface area contributed by atoms with Gasteiger partial charge in [-0.15, -0.1) is 0 Å². The number of hydrogen-bond acceptors (Lipinski definition) is 5. The summed E-state index contributed by atoms with van der Waals surface area (Å²) in [4.78, 5) is 27.8. The number of methoxy groups -OCH3 is 1. The van der Waals surface area contributed by atoms with Crippen LogP contribution in [0, 0.1) is 12.3 Å². The summed E-state index contributed by atoms with van der Waals surface area (Å²) in [5, 5.41) is 12.6. The van der Waals surface area contributed by atoms with Crippen molar-refractivity contribution >= 4 is 11.9 Å². The number of carbonyl (C=O) groups excluding carboxylic acids is 2. The zero-order chi connectivity index (χ0) is 24.9. The number of carbonyl (C=O) groups is 2. The molecule has 34 heavy (non-hydrogen) atoms. The van der Waals surface area contributed by atoms with Gasteiger partial charge >= 0.3 is 6.03 Å². The molecule has 7 heteroatoms. The quantitative estimate of drug-likeness (QED) is 0.474. The van der Waals surface area contributed by atoms with E-state index in [0.29, 0.717) is 29.9 Å². The molecule has 1 saturated heterocycles. The standard InChI is InChI=1S/C27H36N2O5/c1-6-9-22(19-12-10-18(4)11-13-19)28-26(32)29-24(31)27(7-2,8-3)25(29)34-21-15-14-20(17-30)23(16-21)33-5/h10-16,22,25,30H,6-9,17H2,1-5H3,(H,28,32)/t22-,25+/m1/s1. The SMILES string of the molecule is CCC[C@@H](NC(=O)N1C(=O)C(CC)(CC)[C@@H]1Oc1ccc(CO)c(OC)c1)c1ccc(C)cc1. The molecular weight excluding hydrogens is 432 g/mol. The number of benzene rings is 2. The van der Waals surface area contributed by atoms with Gasteiger partial charge in [0, 0.05) is 11.6 Å². The van der Waals surface area contributed by atoms with Crippen LogP contribution < -0.4 is 14.8 Å². The van der Waals surface area contributed by atoms with Crippen molar-refractivity contribution in [1.29, 1.82) is 0 Å². The lowest BCUT2D eigenvalue weighted by molar-refractivity contribution is -0.191. The van der Waals surface area contributed by atoms with Crippen molar-refractivity contribution in [2.45, 2.75) is 72.3 Å². The monoisotopic (exact) mass is 468 g/mol. The Kier molecular flexibility index (Phi) is 8.20. The number of hydrogen-bond donors (Lipinski definition) is 2. The van der Waals surface area contributed by atoms with Gasteiger partial charge in [-0.05, 0) is 43.9 Å². The van der Waals surface area contributed by atoms with Crippen LogP contribution >= 0.6 is 0 Å². The van der Waals surface area contributed by atoms with E-state index in [0.717, 1.165) is 24.0 Å². The summed E-state index contributed by atoms with van der Waals surface area (Å²) in [6.45, 7) is 7.81. The van der Waals surface area contributed by atoms with Crippen LogP contribution in [0.3, 0.4) is 0 Å². The van der Waals surface area contributed by atoms with E-state index < -0.39 is 17.7 Å². The Morgan fingerprint density at radius 2 is 1.82 bits per heavy atom. The van der Waals surface area contributed by atoms with Crippen LogP contribution in [-0.2, 0) is 11.4 Å². The topological polar surface area (TPSA) is 88.1 Å². The molecule has 2 aromatic carbocycles. The third kappa shape index (κ3) is 4.75. The highest BCUT2D eigenvalue weighted by Crippen LogP contribution is 2.46. The number of amides is 3. The Balaban J connectivity index is 1.86. The van der Waals surface area contributed by atoms with Crippen LogP contribution in [0.25, 0.3) is 0 Å². The Morgan fingerprint density at radius 1 is 1.15 bits per heavy atom. The minimum absolute atomic E-state index is 0.161. The predicted octanol–water partition coefficient (Wildman–Crippen LogP) is 5.10. The second kappa shape index (κ2) is 10.9. The number of rotatable bonds is 10. The molecule has 1 fully saturated rings. The number of ether oxygens (including phenoxy) is 2. The van der Waals surface area contributed by atoms with Crippen LogP contribution in [0.1, 0.15) is 69.2 Å². The third-order valence-corrected chi connectivity index (χ3v) is 6.86. The fourth-order valence-corrected chi connectivity index (χ4v) is 4.58. The summed E-state index contributed by atoms with van der Waals surface area (Å²) in [6.07, 6.45) is 2.02. The van der Waals surface area contributed by atoms with Crippen LogP contribution in [-0.4, -0.2) is 35.3 Å². The molecule has 1 heterocycles. The minimum atomic E-state index is -0.773. The summed E-state index contributed by atoms with van der Waals surface area (Å²) in [5.41, 5.74) is 2.01. The molecule has 0 aromatic heterocycles. The molecule has 0 saturated carbocycles. The Hall–Kier alpha value is -3.06. The van der Waals surface area contributed by atoms with Gasteiger partial charge in [-0.2, -0.15) is 0 Å². The summed E-state index contributed by atoms with van der Waals surface area (Å²) in [5.74, 6) is 0.736. The first-order chi connectivity index (χ1) is 16.3. The van der Waals surface area contributed by atoms with Crippen molar-refractivity contribution in [3.63, 3.8) is 0 Å². The number of likely N-dealkylation sites (tertiary alicyclic amines) is 1. The van der Waals surface area contributed by atoms with Crippen molar-refractivity contribution in [2.24, 2.45) is 5.41 Å². The highest BCUT2D eigenvalue weighted by Gasteiger charge is 2.63. The van der Waals surface area contributed by atoms with Crippen LogP contribution in [0.5, 0.6) is 11.5 Å². The van der Waals surface area contributed by atoms with Crippen LogP contribution in [0.2, 0.25) is 0 Å². The van der Waals surface area contributed by atoms with E-state index in [9.17, 15) is 14.7 Å². The molecule has 3 amide bonds. The van der Waals surface area contributed by atoms with Gasteiger partial charge in [-0.3, -0.25) is 4.79 Å². The van der Waals surface area contributed by atoms with Crippen molar-refractivity contribution in [2.75, 3.05) is 7.11 Å². The Morgan fingerprint density at radius 3 is 2.38 bits per heavy atom. The van der Waals surface area contributed by atoms with Gasteiger partial charge < -0.3 is 19.9 Å². The number of aryl methyl sites for hydroxylation is 1. The molecule has 1 aliphatic heterocycles. The van der Waals surface area contributed by atoms with E-state index in [4.69, 9.17) is 9.47 Å². The molecule has 3 rings (SSSR count). The fourth-order valence-electron chi connectivity index (χ4n) is 4.58. The van der Waals surface area contributed by atoms with Crippen molar-refractivity contribution < 1.29 is 24.2 Å². The maximum atomic E-state index is 13.4. The van der Waals surface area contributed by atoms with E-state index in [1.165, 1.54) is 12.0 Å². The lowest BCUT2D eigenvalue weighted by atomic mass is 9.72. The van der Waals surface area contributed by atoms with E-state index in [2.05, 4.69) is 12.2 Å². The maximum absolute atomic E-state index is 13.4. The molecular formula is C27H36N2O5. The molecule has 0 bridgehead atoms. The number of urea groups is 1. The van der Waals surface area contributed by atoms with E-state index in [-0.39, 0.29) is 18.6 Å². The molecule has 2 N–H and O–H groups in total. The summed E-state index contributed by atoms with van der Waals surface area (Å²) < 4.78 is 11.6. The molecule has 184 valence electrons. The number of aliphatic hydroxyl groups is 1. The fraction of sp³-hybridized carbons (Fsp3) is 0.481. The van der Waals surface area contributed by atoms with Crippen LogP contribution in [0.15, 0.2) is 42.5 Å². The summed E-state index contributed by atoms with van der Waals surface area (Å²) >= 11 is 0. The maximum Gasteiger partial charge on any atom is 0.327 e. The average molecular weight is 469 g/mol. The van der Waals surface area contributed by atoms with E-state index >= 15 is 0 Å². The third-order valence-electron chi connectivity index (χ3n) is 6.86. The van der Waals surface area contributed by atoms with E-state index in [1.807, 2.05) is 45.0 Å². The number of β-lactam (4-membered cyclic amide) rings is 1. The second-order valence-electron chi connectivity index (χ2n) is 8.84. The first-order valence-corrected chi connectivity index (χ1v) is 12.0. The molecule has 0 spiro atoms. The first-order valence-electron chi connectivity index (χ1n) is 12.0. The smallest absolute Gasteiger partial charge is 0.327 e. The van der Waals surface area contributed by atoms with Crippen molar-refractivity contribution in [1.82, 2.24) is 10.2 Å². The highest BCUT2D eigenvalue weighted by molar-refractivity contribution is 6.03. The van der Waals surface area contributed by atoms with Gasteiger partial charge in [-0.1, -0.05) is 57.0 Å². The second-order valence-corrected chi connectivity index (χ2v) is 8.84. The first kappa shape index (κ1) is 25.6. The van der Waals surface area contributed by atoms with Gasteiger partial charge in [0.25, 0.3) is 0 Å². The molecule has 2 atom stereocenters. The number of aliphatic hydroxyl groups excluding tert-OH is 1. The molecule has 2 aromatic rings. The minimum Gasteiger partial charge on any atom is -0.496 e. The van der Waals surface area contributed by atoms with Gasteiger partial charge in [0.2, 0.25) is 5.91 Å². The Labute approximate surface area is 202 Å². The molecule has 0 aliphatic carbocycles. The zero-order valence-corrected chi connectivity index (χ0v) is 20.8. The van der Waals surface area contributed by atoms with E-state index in [1.54, 1.807) is 18.2 Å². The van der Waals surface area contributed by atoms with Crippen molar-refractivity contribution in [3.05, 3.63) is 59.2 Å². The average Bonchev–Trinajstić information content (AvgIpc) is 2.84. The molecule has 0 radical (unpaired) electrons. The van der Waals surface area contributed by atoms with Crippen molar-refractivity contribution in [3.8, 4) is 11.5 Å². The molecule has 0 unspecified atom stereocenters. The lowest BCUT2D eigenvalue weighted by Gasteiger charge is -2.53. The molecule has 7 nitrogen and oxygen atoms in total.